The highest BCUT2D eigenvalue weighted by Gasteiger charge is 2.46. The molecule has 2 aromatic rings. The second-order valence-electron chi connectivity index (χ2n) is 9.25. The number of benzene rings is 2. The van der Waals surface area contributed by atoms with Crippen molar-refractivity contribution < 1.29 is 27.8 Å². The Labute approximate surface area is 185 Å². The first kappa shape index (κ1) is 22.2. The number of nitrogens with one attached hydrogen (secondary N) is 1. The van der Waals surface area contributed by atoms with Crippen LogP contribution in [0.1, 0.15) is 66.6 Å². The van der Waals surface area contributed by atoms with Crippen LogP contribution in [0.25, 0.3) is 0 Å². The molecule has 1 aliphatic heterocycles. The van der Waals surface area contributed by atoms with Crippen molar-refractivity contribution in [1.82, 2.24) is 0 Å². The van der Waals surface area contributed by atoms with Gasteiger partial charge in [0.2, 0.25) is 0 Å². The number of alkyl halides is 3. The molecule has 0 aromatic heterocycles. The van der Waals surface area contributed by atoms with Crippen molar-refractivity contribution in [3.63, 3.8) is 0 Å². The third kappa shape index (κ3) is 3.85. The molecule has 0 fully saturated rings. The Morgan fingerprint density at radius 3 is 2.47 bits per heavy atom. The van der Waals surface area contributed by atoms with E-state index in [1.54, 1.807) is 13.0 Å². The van der Waals surface area contributed by atoms with Gasteiger partial charge >= 0.3 is 6.18 Å². The molecule has 1 heterocycles. The highest BCUT2D eigenvalue weighted by atomic mass is 19.4. The summed E-state index contributed by atoms with van der Waals surface area (Å²) >= 11 is 0. The molecule has 32 heavy (non-hydrogen) atoms. The number of rotatable bonds is 2. The van der Waals surface area contributed by atoms with Gasteiger partial charge in [-0.25, -0.2) is 0 Å². The maximum atomic E-state index is 13.0. The molecule has 2 atom stereocenters. The summed E-state index contributed by atoms with van der Waals surface area (Å²) < 4.78 is 44.6. The van der Waals surface area contributed by atoms with Gasteiger partial charge in [-0.05, 0) is 76.4 Å². The van der Waals surface area contributed by atoms with E-state index in [1.165, 1.54) is 17.7 Å². The number of carbonyl (C=O) groups excluding carboxylic acids is 1. The van der Waals surface area contributed by atoms with Crippen LogP contribution in [0.3, 0.4) is 0 Å². The molecule has 2 aliphatic rings. The van der Waals surface area contributed by atoms with Crippen molar-refractivity contribution >= 4 is 11.6 Å². The van der Waals surface area contributed by atoms with E-state index >= 15 is 0 Å². The van der Waals surface area contributed by atoms with Gasteiger partial charge in [-0.15, -0.1) is 0 Å². The van der Waals surface area contributed by atoms with Crippen molar-refractivity contribution in [3.8, 4) is 11.5 Å². The molecule has 4 nitrogen and oxygen atoms in total. The van der Waals surface area contributed by atoms with Crippen LogP contribution >= 0.6 is 0 Å². The van der Waals surface area contributed by atoms with Crippen molar-refractivity contribution in [2.75, 3.05) is 5.32 Å². The fourth-order valence-electron chi connectivity index (χ4n) is 4.91. The van der Waals surface area contributed by atoms with E-state index in [2.05, 4.69) is 18.3 Å². The summed E-state index contributed by atoms with van der Waals surface area (Å²) in [6.07, 6.45) is -0.438. The Bertz CT molecular complexity index is 1100. The Kier molecular flexibility index (Phi) is 5.26. The summed E-state index contributed by atoms with van der Waals surface area (Å²) in [6.45, 7) is 7.84. The lowest BCUT2D eigenvalue weighted by Gasteiger charge is -2.46. The normalized spacial score (nSPS) is 21.7. The summed E-state index contributed by atoms with van der Waals surface area (Å²) in [5.74, 6) is -0.0940. The van der Waals surface area contributed by atoms with E-state index in [0.717, 1.165) is 25.0 Å². The van der Waals surface area contributed by atoms with E-state index in [0.29, 0.717) is 16.9 Å². The number of phenols is 1. The van der Waals surface area contributed by atoms with Crippen molar-refractivity contribution in [1.29, 1.82) is 0 Å². The molecule has 1 amide bonds. The predicted octanol–water partition coefficient (Wildman–Crippen LogP) is 6.58. The van der Waals surface area contributed by atoms with Crippen LogP contribution in [0.2, 0.25) is 0 Å². The minimum Gasteiger partial charge on any atom is -0.507 e. The zero-order valence-corrected chi connectivity index (χ0v) is 18.4. The molecule has 0 spiro atoms. The number of aromatic hydroxyl groups is 1. The van der Waals surface area contributed by atoms with E-state index in [9.17, 15) is 23.1 Å². The Morgan fingerprint density at radius 2 is 1.84 bits per heavy atom. The smallest absolute Gasteiger partial charge is 0.416 e. The second-order valence-corrected chi connectivity index (χ2v) is 9.25. The van der Waals surface area contributed by atoms with E-state index in [1.807, 2.05) is 13.8 Å². The van der Waals surface area contributed by atoms with Crippen LogP contribution in [0.4, 0.5) is 18.9 Å². The maximum absolute atomic E-state index is 13.0. The van der Waals surface area contributed by atoms with E-state index < -0.39 is 23.2 Å². The molecule has 2 unspecified atom stereocenters. The number of phenolic OH excluding ortho intramolecular Hbond substituents is 1. The fraction of sp³-hybridized carbons (Fsp3) is 0.400. The van der Waals surface area contributed by atoms with Crippen LogP contribution < -0.4 is 10.1 Å². The SMILES string of the molecule is CC1=CC2c3c(cc(C)c(C(=O)Nc4ccc(C(F)(F)F)cc4)c3O)OC(C)(C)C2CC1. The number of aryl methyl sites for hydroxylation is 1. The number of amides is 1. The Balaban J connectivity index is 1.72. The first-order valence-corrected chi connectivity index (χ1v) is 10.6. The standard InChI is InChI=1S/C25H26F3NO3/c1-13-5-10-18-17(11-13)21-19(32-24(18,3)4)12-14(2)20(22(21)30)23(31)29-16-8-6-15(7-9-16)25(26,27)28/h6-9,11-12,17-18,30H,5,10H2,1-4H3,(H,29,31). The first-order chi connectivity index (χ1) is 14.9. The summed E-state index contributed by atoms with van der Waals surface area (Å²) in [4.78, 5) is 13.0. The number of hydrogen-bond acceptors (Lipinski definition) is 3. The van der Waals surface area contributed by atoms with Gasteiger partial charge in [-0.3, -0.25) is 4.79 Å². The Hall–Kier alpha value is -2.96. The van der Waals surface area contributed by atoms with Crippen molar-refractivity contribution in [2.45, 2.75) is 58.2 Å². The van der Waals surface area contributed by atoms with Crippen LogP contribution in [-0.2, 0) is 6.18 Å². The lowest BCUT2D eigenvalue weighted by atomic mass is 9.67. The molecule has 1 aliphatic carbocycles. The quantitative estimate of drug-likeness (QED) is 0.513. The van der Waals surface area contributed by atoms with E-state index in [-0.39, 0.29) is 28.8 Å². The molecular formula is C25H26F3NO3. The summed E-state index contributed by atoms with van der Waals surface area (Å²) in [5.41, 5.74) is 1.44. The van der Waals surface area contributed by atoms with Crippen LogP contribution in [0.15, 0.2) is 42.0 Å². The van der Waals surface area contributed by atoms with Gasteiger partial charge in [0.1, 0.15) is 17.1 Å². The van der Waals surface area contributed by atoms with Crippen molar-refractivity contribution in [2.24, 2.45) is 5.92 Å². The lowest BCUT2D eigenvalue weighted by molar-refractivity contribution is -0.137. The maximum Gasteiger partial charge on any atom is 0.416 e. The predicted molar refractivity (Wildman–Crippen MR) is 116 cm³/mol. The Morgan fingerprint density at radius 1 is 1.19 bits per heavy atom. The number of ether oxygens (including phenoxy) is 1. The third-order valence-electron chi connectivity index (χ3n) is 6.54. The summed E-state index contributed by atoms with van der Waals surface area (Å²) in [6, 6.07) is 5.96. The highest BCUT2D eigenvalue weighted by Crippen LogP contribution is 2.54. The topological polar surface area (TPSA) is 58.6 Å². The van der Waals surface area contributed by atoms with E-state index in [4.69, 9.17) is 4.74 Å². The van der Waals surface area contributed by atoms with Crippen molar-refractivity contribution in [3.05, 3.63) is 64.2 Å². The molecule has 0 radical (unpaired) electrons. The van der Waals surface area contributed by atoms with Gasteiger partial charge in [0, 0.05) is 23.1 Å². The average molecular weight is 445 g/mol. The number of halogens is 3. The molecule has 7 heteroatoms. The van der Waals surface area contributed by atoms with Gasteiger partial charge in [-0.2, -0.15) is 13.2 Å². The summed E-state index contributed by atoms with van der Waals surface area (Å²) in [7, 11) is 0. The van der Waals surface area contributed by atoms with Crippen LogP contribution in [0, 0.1) is 12.8 Å². The van der Waals surface area contributed by atoms with Gasteiger partial charge in [0.25, 0.3) is 5.91 Å². The number of anilines is 1. The van der Waals surface area contributed by atoms with Gasteiger partial charge < -0.3 is 15.2 Å². The lowest BCUT2D eigenvalue weighted by Crippen LogP contribution is -2.45. The molecule has 4 rings (SSSR count). The number of fused-ring (bicyclic) bond motifs is 3. The molecule has 2 N–H and O–H groups in total. The monoisotopic (exact) mass is 445 g/mol. The molecule has 170 valence electrons. The third-order valence-corrected chi connectivity index (χ3v) is 6.54. The molecular weight excluding hydrogens is 419 g/mol. The zero-order chi connectivity index (χ0) is 23.4. The molecule has 0 bridgehead atoms. The number of allylic oxidation sites excluding steroid dienone is 2. The van der Waals surface area contributed by atoms with Gasteiger partial charge in [-0.1, -0.05) is 11.6 Å². The van der Waals surface area contributed by atoms with Crippen LogP contribution in [-0.4, -0.2) is 16.6 Å². The number of hydrogen-bond donors (Lipinski definition) is 2. The molecule has 2 aromatic carbocycles. The summed E-state index contributed by atoms with van der Waals surface area (Å²) in [5, 5.41) is 13.8. The van der Waals surface area contributed by atoms with Gasteiger partial charge in [0.05, 0.1) is 11.1 Å². The van der Waals surface area contributed by atoms with Gasteiger partial charge in [0.15, 0.2) is 0 Å². The number of carbonyl (C=O) groups is 1. The van der Waals surface area contributed by atoms with Crippen LogP contribution in [0.5, 0.6) is 11.5 Å². The zero-order valence-electron chi connectivity index (χ0n) is 18.4. The minimum atomic E-state index is -4.45. The first-order valence-electron chi connectivity index (χ1n) is 10.6. The largest absolute Gasteiger partial charge is 0.507 e. The fourth-order valence-corrected chi connectivity index (χ4v) is 4.91. The molecule has 0 saturated heterocycles. The minimum absolute atomic E-state index is 0.0827. The average Bonchev–Trinajstić information content (AvgIpc) is 2.66. The highest BCUT2D eigenvalue weighted by molar-refractivity contribution is 6.07. The second kappa shape index (κ2) is 7.57. The molecule has 0 saturated carbocycles.